The summed E-state index contributed by atoms with van der Waals surface area (Å²) in [5.74, 6) is 1.21. The molecule has 0 radical (unpaired) electrons. The van der Waals surface area contributed by atoms with E-state index >= 15 is 0 Å². The number of hydrogen-bond donors (Lipinski definition) is 3. The van der Waals surface area contributed by atoms with Crippen molar-refractivity contribution in [2.45, 2.75) is 20.0 Å². The fourth-order valence-electron chi connectivity index (χ4n) is 2.23. The summed E-state index contributed by atoms with van der Waals surface area (Å²) in [6.07, 6.45) is 1.76. The molecule has 0 unspecified atom stereocenters. The molecule has 138 valence electrons. The number of aliphatic imine (C=N–C) groups is 1. The zero-order valence-electron chi connectivity index (χ0n) is 15.2. The Kier molecular flexibility index (Phi) is 7.92. The highest BCUT2D eigenvalue weighted by Gasteiger charge is 2.03. The van der Waals surface area contributed by atoms with Crippen molar-refractivity contribution in [2.24, 2.45) is 4.99 Å². The molecule has 7 nitrogen and oxygen atoms in total. The van der Waals surface area contributed by atoms with E-state index in [9.17, 15) is 4.79 Å². The number of benzene rings is 1. The predicted molar refractivity (Wildman–Crippen MR) is 102 cm³/mol. The van der Waals surface area contributed by atoms with Gasteiger partial charge in [0.15, 0.2) is 12.6 Å². The second-order valence-corrected chi connectivity index (χ2v) is 5.49. The Bertz CT molecular complexity index is 719. The van der Waals surface area contributed by atoms with Gasteiger partial charge in [-0.1, -0.05) is 18.2 Å². The van der Waals surface area contributed by atoms with Crippen molar-refractivity contribution in [3.63, 3.8) is 0 Å². The number of aromatic nitrogens is 1. The number of likely N-dealkylation sites (N-methyl/N-ethyl adjacent to an activating group) is 1. The van der Waals surface area contributed by atoms with Crippen LogP contribution < -0.4 is 20.7 Å². The molecule has 0 atom stereocenters. The number of carbonyl (C=O) groups is 1. The van der Waals surface area contributed by atoms with Gasteiger partial charge in [0.25, 0.3) is 5.91 Å². The molecule has 0 saturated heterocycles. The monoisotopic (exact) mass is 355 g/mol. The van der Waals surface area contributed by atoms with Crippen LogP contribution in [0.5, 0.6) is 5.75 Å². The number of ether oxygens (including phenoxy) is 1. The summed E-state index contributed by atoms with van der Waals surface area (Å²) < 4.78 is 5.51. The predicted octanol–water partition coefficient (Wildman–Crippen LogP) is 1.46. The van der Waals surface area contributed by atoms with Crippen LogP contribution in [0.1, 0.15) is 18.2 Å². The SMILES string of the molecule is CCNC(=O)COc1cccc(CNC(=NC)NCc2ccccn2)c1. The van der Waals surface area contributed by atoms with Gasteiger partial charge in [-0.3, -0.25) is 14.8 Å². The van der Waals surface area contributed by atoms with Gasteiger partial charge in [-0.05, 0) is 36.8 Å². The van der Waals surface area contributed by atoms with Gasteiger partial charge in [0, 0.05) is 26.3 Å². The molecule has 0 aliphatic carbocycles. The van der Waals surface area contributed by atoms with E-state index in [0.717, 1.165) is 11.3 Å². The van der Waals surface area contributed by atoms with Gasteiger partial charge in [0.05, 0.1) is 12.2 Å². The second kappa shape index (κ2) is 10.7. The van der Waals surface area contributed by atoms with Gasteiger partial charge in [-0.25, -0.2) is 0 Å². The third-order valence-corrected chi connectivity index (χ3v) is 3.49. The van der Waals surface area contributed by atoms with Gasteiger partial charge in [0.1, 0.15) is 5.75 Å². The summed E-state index contributed by atoms with van der Waals surface area (Å²) in [5, 5.41) is 9.16. The number of hydrogen-bond acceptors (Lipinski definition) is 4. The van der Waals surface area contributed by atoms with Crippen LogP contribution in [0.25, 0.3) is 0 Å². The summed E-state index contributed by atoms with van der Waals surface area (Å²) >= 11 is 0. The molecule has 0 bridgehead atoms. The molecule has 0 spiro atoms. The molecule has 2 aromatic rings. The normalized spacial score (nSPS) is 10.9. The van der Waals surface area contributed by atoms with Crippen molar-refractivity contribution < 1.29 is 9.53 Å². The Morgan fingerprint density at radius 1 is 1.12 bits per heavy atom. The van der Waals surface area contributed by atoms with Crippen molar-refractivity contribution in [1.82, 2.24) is 20.9 Å². The van der Waals surface area contributed by atoms with Crippen LogP contribution in [0.3, 0.4) is 0 Å². The van der Waals surface area contributed by atoms with Crippen LogP contribution >= 0.6 is 0 Å². The quantitative estimate of drug-likeness (QED) is 0.493. The molecule has 2 rings (SSSR count). The lowest BCUT2D eigenvalue weighted by Crippen LogP contribution is -2.36. The van der Waals surface area contributed by atoms with Crippen molar-refractivity contribution in [2.75, 3.05) is 20.2 Å². The number of guanidine groups is 1. The molecular weight excluding hydrogens is 330 g/mol. The number of rotatable bonds is 8. The van der Waals surface area contributed by atoms with E-state index in [-0.39, 0.29) is 12.5 Å². The lowest BCUT2D eigenvalue weighted by Gasteiger charge is -2.12. The Hall–Kier alpha value is -3.09. The smallest absolute Gasteiger partial charge is 0.257 e. The van der Waals surface area contributed by atoms with Crippen LogP contribution in [0.4, 0.5) is 0 Å². The Balaban J connectivity index is 1.81. The fourth-order valence-corrected chi connectivity index (χ4v) is 2.23. The third kappa shape index (κ3) is 6.80. The molecule has 1 heterocycles. The molecule has 26 heavy (non-hydrogen) atoms. The van der Waals surface area contributed by atoms with E-state index in [4.69, 9.17) is 4.74 Å². The number of nitrogens with zero attached hydrogens (tertiary/aromatic N) is 2. The molecule has 1 amide bonds. The average Bonchev–Trinajstić information content (AvgIpc) is 2.68. The lowest BCUT2D eigenvalue weighted by atomic mass is 10.2. The third-order valence-electron chi connectivity index (χ3n) is 3.49. The second-order valence-electron chi connectivity index (χ2n) is 5.49. The zero-order valence-corrected chi connectivity index (χ0v) is 15.2. The molecule has 1 aromatic carbocycles. The van der Waals surface area contributed by atoms with Gasteiger partial charge in [-0.2, -0.15) is 0 Å². The highest BCUT2D eigenvalue weighted by Crippen LogP contribution is 2.13. The highest BCUT2D eigenvalue weighted by atomic mass is 16.5. The number of nitrogens with one attached hydrogen (secondary N) is 3. The minimum atomic E-state index is -0.129. The van der Waals surface area contributed by atoms with Crippen molar-refractivity contribution >= 4 is 11.9 Å². The van der Waals surface area contributed by atoms with Crippen LogP contribution in [0, 0.1) is 0 Å². The van der Waals surface area contributed by atoms with Crippen molar-refractivity contribution in [3.05, 3.63) is 59.9 Å². The van der Waals surface area contributed by atoms with Crippen LogP contribution in [0.15, 0.2) is 53.7 Å². The lowest BCUT2D eigenvalue weighted by molar-refractivity contribution is -0.122. The summed E-state index contributed by atoms with van der Waals surface area (Å²) in [7, 11) is 1.72. The Morgan fingerprint density at radius 2 is 1.96 bits per heavy atom. The van der Waals surface area contributed by atoms with E-state index in [1.54, 1.807) is 13.2 Å². The minimum Gasteiger partial charge on any atom is -0.484 e. The largest absolute Gasteiger partial charge is 0.484 e. The fraction of sp³-hybridized carbons (Fsp3) is 0.316. The van der Waals surface area contributed by atoms with Crippen molar-refractivity contribution in [1.29, 1.82) is 0 Å². The first-order chi connectivity index (χ1) is 12.7. The number of pyridine rings is 1. The van der Waals surface area contributed by atoms with Crippen LogP contribution in [-0.2, 0) is 17.9 Å². The molecule has 0 aliphatic rings. The molecule has 0 fully saturated rings. The summed E-state index contributed by atoms with van der Waals surface area (Å²) in [6, 6.07) is 13.4. The summed E-state index contributed by atoms with van der Waals surface area (Å²) in [5.41, 5.74) is 1.97. The maximum atomic E-state index is 11.5. The topological polar surface area (TPSA) is 87.6 Å². The van der Waals surface area contributed by atoms with Crippen molar-refractivity contribution in [3.8, 4) is 5.75 Å². The molecule has 3 N–H and O–H groups in total. The van der Waals surface area contributed by atoms with Gasteiger partial charge < -0.3 is 20.7 Å². The first-order valence-corrected chi connectivity index (χ1v) is 8.54. The zero-order chi connectivity index (χ0) is 18.6. The highest BCUT2D eigenvalue weighted by molar-refractivity contribution is 5.79. The molecule has 1 aromatic heterocycles. The summed E-state index contributed by atoms with van der Waals surface area (Å²) in [6.45, 7) is 3.66. The number of carbonyl (C=O) groups excluding carboxylic acids is 1. The van der Waals surface area contributed by atoms with E-state index in [1.807, 2.05) is 49.4 Å². The Morgan fingerprint density at radius 3 is 2.69 bits per heavy atom. The van der Waals surface area contributed by atoms with Crippen LogP contribution in [0.2, 0.25) is 0 Å². The van der Waals surface area contributed by atoms with Crippen LogP contribution in [-0.4, -0.2) is 37.1 Å². The van der Waals surface area contributed by atoms with E-state index in [2.05, 4.69) is 25.9 Å². The number of amides is 1. The molecule has 7 heteroatoms. The first-order valence-electron chi connectivity index (χ1n) is 8.54. The van der Waals surface area contributed by atoms with Gasteiger partial charge in [-0.15, -0.1) is 0 Å². The molecule has 0 saturated carbocycles. The first kappa shape index (κ1) is 19.2. The average molecular weight is 355 g/mol. The maximum absolute atomic E-state index is 11.5. The minimum absolute atomic E-state index is 0.0119. The Labute approximate surface area is 153 Å². The molecule has 0 aliphatic heterocycles. The van der Waals surface area contributed by atoms with E-state index in [1.165, 1.54) is 0 Å². The van der Waals surface area contributed by atoms with Gasteiger partial charge >= 0.3 is 0 Å². The summed E-state index contributed by atoms with van der Waals surface area (Å²) in [4.78, 5) is 19.9. The molecular formula is C19H25N5O2. The van der Waals surface area contributed by atoms with Gasteiger partial charge in [0.2, 0.25) is 0 Å². The van der Waals surface area contributed by atoms with E-state index in [0.29, 0.717) is 31.3 Å². The maximum Gasteiger partial charge on any atom is 0.257 e. The standard InChI is InChI=1S/C19H25N5O2/c1-3-21-18(25)14-26-17-9-6-7-15(11-17)12-23-19(20-2)24-13-16-8-4-5-10-22-16/h4-11H,3,12-14H2,1-2H3,(H,21,25)(H2,20,23,24). The van der Waals surface area contributed by atoms with E-state index < -0.39 is 0 Å².